The SMILES string of the molecule is CCCn1cc(C(=O)N2C(C(=O)O)CC3CCCCC32)cn1. The second-order valence-electron chi connectivity index (χ2n) is 6.41. The number of hydrogen-bond donors (Lipinski definition) is 1. The molecular weight excluding hydrogens is 282 g/mol. The summed E-state index contributed by atoms with van der Waals surface area (Å²) in [5.74, 6) is -0.725. The Morgan fingerprint density at radius 3 is 2.86 bits per heavy atom. The van der Waals surface area contributed by atoms with E-state index in [0.29, 0.717) is 17.9 Å². The fourth-order valence-electron chi connectivity index (χ4n) is 3.95. The number of carboxylic acid groups (broad SMARTS) is 1. The number of nitrogens with zero attached hydrogens (tertiary/aromatic N) is 3. The summed E-state index contributed by atoms with van der Waals surface area (Å²) in [5, 5.41) is 13.7. The van der Waals surface area contributed by atoms with Crippen molar-refractivity contribution in [3.8, 4) is 0 Å². The molecule has 0 radical (unpaired) electrons. The second-order valence-corrected chi connectivity index (χ2v) is 6.41. The van der Waals surface area contributed by atoms with E-state index in [-0.39, 0.29) is 11.9 Å². The van der Waals surface area contributed by atoms with Crippen LogP contribution in [0.25, 0.3) is 0 Å². The highest BCUT2D eigenvalue weighted by molar-refractivity contribution is 5.96. The molecule has 1 saturated heterocycles. The van der Waals surface area contributed by atoms with Crippen molar-refractivity contribution in [1.29, 1.82) is 0 Å². The Kier molecular flexibility index (Phi) is 4.18. The molecule has 22 heavy (non-hydrogen) atoms. The lowest BCUT2D eigenvalue weighted by molar-refractivity contribution is -0.141. The van der Waals surface area contributed by atoms with Crippen LogP contribution in [0.5, 0.6) is 0 Å². The summed E-state index contributed by atoms with van der Waals surface area (Å²) in [6.07, 6.45) is 9.01. The lowest BCUT2D eigenvalue weighted by Gasteiger charge is -2.32. The molecule has 1 aromatic heterocycles. The van der Waals surface area contributed by atoms with E-state index >= 15 is 0 Å². The second kappa shape index (κ2) is 6.10. The van der Waals surface area contributed by atoms with Gasteiger partial charge in [0.2, 0.25) is 0 Å². The molecule has 6 nitrogen and oxygen atoms in total. The summed E-state index contributed by atoms with van der Waals surface area (Å²) in [6.45, 7) is 2.82. The van der Waals surface area contributed by atoms with Gasteiger partial charge in [0, 0.05) is 18.8 Å². The number of amides is 1. The maximum Gasteiger partial charge on any atom is 0.326 e. The van der Waals surface area contributed by atoms with Crippen molar-refractivity contribution in [3.63, 3.8) is 0 Å². The quantitative estimate of drug-likeness (QED) is 0.925. The number of hydrogen-bond acceptors (Lipinski definition) is 3. The van der Waals surface area contributed by atoms with Crippen LogP contribution in [0, 0.1) is 5.92 Å². The summed E-state index contributed by atoms with van der Waals surface area (Å²) in [6, 6.07) is -0.605. The standard InChI is InChI=1S/C16H23N3O3/c1-2-7-18-10-12(9-17-18)15(20)19-13-6-4-3-5-11(13)8-14(19)16(21)22/h9-11,13-14H,2-8H2,1H3,(H,21,22). The number of rotatable bonds is 4. The highest BCUT2D eigenvalue weighted by atomic mass is 16.4. The Morgan fingerprint density at radius 2 is 2.14 bits per heavy atom. The van der Waals surface area contributed by atoms with Crippen molar-refractivity contribution in [2.24, 2.45) is 5.92 Å². The highest BCUT2D eigenvalue weighted by Gasteiger charge is 2.47. The van der Waals surface area contributed by atoms with Gasteiger partial charge in [0.25, 0.3) is 5.91 Å². The largest absolute Gasteiger partial charge is 0.480 e. The monoisotopic (exact) mass is 305 g/mol. The first-order valence-corrected chi connectivity index (χ1v) is 8.19. The van der Waals surface area contributed by atoms with E-state index in [1.54, 1.807) is 22.0 Å². The molecule has 1 amide bonds. The molecular formula is C16H23N3O3. The molecule has 1 aliphatic heterocycles. The average Bonchev–Trinajstić information content (AvgIpc) is 3.11. The normalized spacial score (nSPS) is 27.7. The van der Waals surface area contributed by atoms with E-state index in [4.69, 9.17) is 0 Å². The maximum absolute atomic E-state index is 12.8. The van der Waals surface area contributed by atoms with E-state index in [0.717, 1.165) is 38.6 Å². The Balaban J connectivity index is 1.85. The first-order valence-electron chi connectivity index (χ1n) is 8.19. The van der Waals surface area contributed by atoms with Gasteiger partial charge < -0.3 is 10.0 Å². The van der Waals surface area contributed by atoms with Crippen molar-refractivity contribution in [3.05, 3.63) is 18.0 Å². The fraction of sp³-hybridized carbons (Fsp3) is 0.688. The molecule has 120 valence electrons. The van der Waals surface area contributed by atoms with Gasteiger partial charge in [-0.1, -0.05) is 19.8 Å². The van der Waals surface area contributed by atoms with Crippen molar-refractivity contribution >= 4 is 11.9 Å². The van der Waals surface area contributed by atoms with Crippen LogP contribution in [-0.2, 0) is 11.3 Å². The van der Waals surface area contributed by atoms with Crippen molar-refractivity contribution in [1.82, 2.24) is 14.7 Å². The van der Waals surface area contributed by atoms with E-state index in [9.17, 15) is 14.7 Å². The third-order valence-corrected chi connectivity index (χ3v) is 4.94. The molecule has 0 spiro atoms. The number of aliphatic carboxylic acids is 1. The van der Waals surface area contributed by atoms with Gasteiger partial charge in [-0.25, -0.2) is 4.79 Å². The van der Waals surface area contributed by atoms with Crippen molar-refractivity contribution in [2.45, 2.75) is 64.1 Å². The first-order chi connectivity index (χ1) is 10.6. The minimum Gasteiger partial charge on any atom is -0.480 e. The van der Waals surface area contributed by atoms with Crippen LogP contribution in [0.3, 0.4) is 0 Å². The average molecular weight is 305 g/mol. The number of carbonyl (C=O) groups is 2. The van der Waals surface area contributed by atoms with Crippen LogP contribution in [0.2, 0.25) is 0 Å². The zero-order chi connectivity index (χ0) is 15.7. The Bertz CT molecular complexity index is 569. The summed E-state index contributed by atoms with van der Waals surface area (Å²) in [7, 11) is 0. The van der Waals surface area contributed by atoms with Gasteiger partial charge in [0.1, 0.15) is 6.04 Å². The molecule has 2 aliphatic rings. The summed E-state index contributed by atoms with van der Waals surface area (Å²) < 4.78 is 1.75. The molecule has 1 saturated carbocycles. The van der Waals surface area contributed by atoms with Gasteiger partial charge in [-0.2, -0.15) is 5.10 Å². The molecule has 0 aromatic carbocycles. The van der Waals surface area contributed by atoms with Gasteiger partial charge in [0.15, 0.2) is 0 Å². The van der Waals surface area contributed by atoms with E-state index < -0.39 is 12.0 Å². The topological polar surface area (TPSA) is 75.4 Å². The molecule has 3 atom stereocenters. The molecule has 0 bridgehead atoms. The van der Waals surface area contributed by atoms with Crippen molar-refractivity contribution < 1.29 is 14.7 Å². The summed E-state index contributed by atoms with van der Waals surface area (Å²) >= 11 is 0. The third kappa shape index (κ3) is 2.62. The smallest absolute Gasteiger partial charge is 0.326 e. The number of carbonyl (C=O) groups excluding carboxylic acids is 1. The van der Waals surface area contributed by atoms with E-state index in [1.807, 2.05) is 0 Å². The van der Waals surface area contributed by atoms with Gasteiger partial charge in [-0.3, -0.25) is 9.48 Å². The Morgan fingerprint density at radius 1 is 1.36 bits per heavy atom. The lowest BCUT2D eigenvalue weighted by Crippen LogP contribution is -2.46. The molecule has 1 aliphatic carbocycles. The fourth-order valence-corrected chi connectivity index (χ4v) is 3.95. The minimum atomic E-state index is -0.885. The molecule has 2 heterocycles. The zero-order valence-corrected chi connectivity index (χ0v) is 12.9. The number of aryl methyl sites for hydroxylation is 1. The van der Waals surface area contributed by atoms with Crippen molar-refractivity contribution in [2.75, 3.05) is 0 Å². The van der Waals surface area contributed by atoms with Crippen LogP contribution in [0.4, 0.5) is 0 Å². The highest BCUT2D eigenvalue weighted by Crippen LogP contribution is 2.40. The summed E-state index contributed by atoms with van der Waals surface area (Å²) in [4.78, 5) is 26.1. The van der Waals surface area contributed by atoms with Gasteiger partial charge in [-0.05, 0) is 31.6 Å². The predicted octanol–water partition coefficient (Wildman–Crippen LogP) is 2.15. The lowest BCUT2D eigenvalue weighted by atomic mass is 9.84. The zero-order valence-electron chi connectivity index (χ0n) is 12.9. The maximum atomic E-state index is 12.8. The number of fused-ring (bicyclic) bond motifs is 1. The van der Waals surface area contributed by atoms with Gasteiger partial charge >= 0.3 is 5.97 Å². The number of likely N-dealkylation sites (tertiary alicyclic amines) is 1. The van der Waals surface area contributed by atoms with Gasteiger partial charge in [0.05, 0.1) is 11.8 Å². The van der Waals surface area contributed by atoms with E-state index in [2.05, 4.69) is 12.0 Å². The Labute approximate surface area is 130 Å². The predicted molar refractivity (Wildman–Crippen MR) is 80.5 cm³/mol. The van der Waals surface area contributed by atoms with Gasteiger partial charge in [-0.15, -0.1) is 0 Å². The molecule has 6 heteroatoms. The molecule has 2 fully saturated rings. The van der Waals surface area contributed by atoms with E-state index in [1.165, 1.54) is 0 Å². The molecule has 1 aromatic rings. The van der Waals surface area contributed by atoms with Crippen LogP contribution in [0.1, 0.15) is 55.8 Å². The van der Waals surface area contributed by atoms with Crippen LogP contribution in [0.15, 0.2) is 12.4 Å². The number of aromatic nitrogens is 2. The Hall–Kier alpha value is -1.85. The third-order valence-electron chi connectivity index (χ3n) is 4.94. The van der Waals surface area contributed by atoms with Crippen LogP contribution < -0.4 is 0 Å². The van der Waals surface area contributed by atoms with Crippen LogP contribution in [-0.4, -0.2) is 43.7 Å². The molecule has 1 N–H and O–H groups in total. The molecule has 3 unspecified atom stereocenters. The first kappa shape index (κ1) is 15.1. The van der Waals surface area contributed by atoms with Crippen LogP contribution >= 0.6 is 0 Å². The summed E-state index contributed by atoms with van der Waals surface area (Å²) in [5.41, 5.74) is 0.505. The minimum absolute atomic E-state index is 0.0804. The number of carboxylic acids is 1. The molecule has 3 rings (SSSR count).